The van der Waals surface area contributed by atoms with Gasteiger partial charge in [0.25, 0.3) is 0 Å². The summed E-state index contributed by atoms with van der Waals surface area (Å²) in [4.78, 5) is 23.6. The van der Waals surface area contributed by atoms with Crippen molar-refractivity contribution in [3.05, 3.63) is 35.9 Å². The zero-order valence-electron chi connectivity index (χ0n) is 15.9. The van der Waals surface area contributed by atoms with Crippen LogP contribution in [-0.2, 0) is 16.1 Å². The molecule has 1 aliphatic rings. The van der Waals surface area contributed by atoms with Gasteiger partial charge in [0, 0.05) is 11.6 Å². The van der Waals surface area contributed by atoms with E-state index in [0.717, 1.165) is 31.2 Å². The maximum Gasteiger partial charge on any atom is 0.407 e. The largest absolute Gasteiger partial charge is 0.449 e. The Balaban J connectivity index is 1.60. The lowest BCUT2D eigenvalue weighted by Crippen LogP contribution is -2.42. The monoisotopic (exact) mass is 362 g/mol. The predicted molar refractivity (Wildman–Crippen MR) is 99.7 cm³/mol. The van der Waals surface area contributed by atoms with Crippen molar-refractivity contribution in [3.8, 4) is 0 Å². The fraction of sp³-hybridized carbons (Fsp3) is 0.600. The van der Waals surface area contributed by atoms with Gasteiger partial charge in [0.2, 0.25) is 0 Å². The first-order chi connectivity index (χ1) is 12.3. The third kappa shape index (κ3) is 7.76. The summed E-state index contributed by atoms with van der Waals surface area (Å²) in [5.74, 6) is 0.346. The number of hydrogen-bond acceptors (Lipinski definition) is 4. The Morgan fingerprint density at radius 1 is 1.00 bits per heavy atom. The standard InChI is InChI=1S/C20H30N2O4/c1-20(2,3)22-19(24)26-14-16-9-11-17(12-10-16)21-18(23)25-13-15-7-5-4-6-8-15/h4-8,16-17H,9-14H2,1-3H3,(H,21,23)(H,22,24). The molecule has 0 atom stereocenters. The molecular weight excluding hydrogens is 332 g/mol. The number of ether oxygens (including phenoxy) is 2. The number of rotatable bonds is 5. The van der Waals surface area contributed by atoms with Gasteiger partial charge in [-0.25, -0.2) is 9.59 Å². The van der Waals surface area contributed by atoms with E-state index in [1.807, 2.05) is 51.1 Å². The predicted octanol–water partition coefficient (Wildman–Crippen LogP) is 4.00. The van der Waals surface area contributed by atoms with Crippen LogP contribution in [0.25, 0.3) is 0 Å². The van der Waals surface area contributed by atoms with E-state index in [1.54, 1.807) is 0 Å². The number of hydrogen-bond donors (Lipinski definition) is 2. The molecule has 1 aliphatic carbocycles. The zero-order chi connectivity index (χ0) is 19.0. The second kappa shape index (κ2) is 9.46. The van der Waals surface area contributed by atoms with E-state index in [1.165, 1.54) is 0 Å². The van der Waals surface area contributed by atoms with E-state index in [-0.39, 0.29) is 30.4 Å². The summed E-state index contributed by atoms with van der Waals surface area (Å²) in [5.41, 5.74) is 0.677. The fourth-order valence-electron chi connectivity index (χ4n) is 2.94. The average Bonchev–Trinajstić information content (AvgIpc) is 2.59. The normalized spacial score (nSPS) is 20.1. The minimum absolute atomic E-state index is 0.123. The molecule has 0 heterocycles. The second-order valence-corrected chi connectivity index (χ2v) is 7.90. The SMILES string of the molecule is CC(C)(C)NC(=O)OCC1CCC(NC(=O)OCc2ccccc2)CC1. The molecular formula is C20H30N2O4. The van der Waals surface area contributed by atoms with Gasteiger partial charge < -0.3 is 20.1 Å². The summed E-state index contributed by atoms with van der Waals surface area (Å²) in [6, 6.07) is 9.74. The summed E-state index contributed by atoms with van der Waals surface area (Å²) in [6.45, 7) is 6.46. The molecule has 6 nitrogen and oxygen atoms in total. The summed E-state index contributed by atoms with van der Waals surface area (Å²) >= 11 is 0. The van der Waals surface area contributed by atoms with Crippen molar-refractivity contribution in [1.82, 2.24) is 10.6 Å². The minimum Gasteiger partial charge on any atom is -0.449 e. The Kier molecular flexibility index (Phi) is 7.30. The lowest BCUT2D eigenvalue weighted by Gasteiger charge is -2.29. The van der Waals surface area contributed by atoms with Crippen molar-refractivity contribution in [2.45, 2.75) is 64.6 Å². The Bertz CT molecular complexity index is 575. The van der Waals surface area contributed by atoms with E-state index in [9.17, 15) is 9.59 Å². The second-order valence-electron chi connectivity index (χ2n) is 7.90. The molecule has 1 aromatic carbocycles. The molecule has 0 unspecified atom stereocenters. The van der Waals surface area contributed by atoms with Gasteiger partial charge in [0.05, 0.1) is 6.61 Å². The Morgan fingerprint density at radius 3 is 2.27 bits per heavy atom. The molecule has 0 radical (unpaired) electrons. The third-order valence-corrected chi connectivity index (χ3v) is 4.31. The number of benzene rings is 1. The highest BCUT2D eigenvalue weighted by Crippen LogP contribution is 2.24. The van der Waals surface area contributed by atoms with Gasteiger partial charge in [-0.1, -0.05) is 30.3 Å². The van der Waals surface area contributed by atoms with E-state index < -0.39 is 0 Å². The van der Waals surface area contributed by atoms with E-state index >= 15 is 0 Å². The summed E-state index contributed by atoms with van der Waals surface area (Å²) in [5, 5.41) is 5.71. The maximum atomic E-state index is 11.9. The molecule has 1 saturated carbocycles. The topological polar surface area (TPSA) is 76.7 Å². The molecule has 26 heavy (non-hydrogen) atoms. The molecule has 6 heteroatoms. The Labute approximate surface area is 155 Å². The molecule has 0 saturated heterocycles. The fourth-order valence-corrected chi connectivity index (χ4v) is 2.94. The van der Waals surface area contributed by atoms with Crippen LogP contribution in [0.4, 0.5) is 9.59 Å². The van der Waals surface area contributed by atoms with Crippen molar-refractivity contribution >= 4 is 12.2 Å². The number of carbonyl (C=O) groups is 2. The zero-order valence-corrected chi connectivity index (χ0v) is 15.9. The molecule has 1 aromatic rings. The van der Waals surface area contributed by atoms with Gasteiger partial charge in [-0.15, -0.1) is 0 Å². The molecule has 2 N–H and O–H groups in total. The quantitative estimate of drug-likeness (QED) is 0.830. The molecule has 0 spiro atoms. The van der Waals surface area contributed by atoms with Crippen molar-refractivity contribution in [1.29, 1.82) is 0 Å². The van der Waals surface area contributed by atoms with Gasteiger partial charge in [0.15, 0.2) is 0 Å². The van der Waals surface area contributed by atoms with Crippen molar-refractivity contribution in [2.75, 3.05) is 6.61 Å². The van der Waals surface area contributed by atoms with Gasteiger partial charge in [-0.3, -0.25) is 0 Å². The van der Waals surface area contributed by atoms with E-state index in [2.05, 4.69) is 10.6 Å². The first kappa shape index (κ1) is 20.1. The van der Waals surface area contributed by atoms with Crippen molar-refractivity contribution in [2.24, 2.45) is 5.92 Å². The van der Waals surface area contributed by atoms with E-state index in [4.69, 9.17) is 9.47 Å². The van der Waals surface area contributed by atoms with Crippen molar-refractivity contribution in [3.63, 3.8) is 0 Å². The van der Waals surface area contributed by atoms with Gasteiger partial charge in [-0.05, 0) is 57.9 Å². The molecule has 1 fully saturated rings. The summed E-state index contributed by atoms with van der Waals surface area (Å²) in [6.07, 6.45) is 2.84. The smallest absolute Gasteiger partial charge is 0.407 e. The highest BCUT2D eigenvalue weighted by atomic mass is 16.6. The molecule has 144 valence electrons. The third-order valence-electron chi connectivity index (χ3n) is 4.31. The van der Waals surface area contributed by atoms with Crippen LogP contribution >= 0.6 is 0 Å². The minimum atomic E-state index is -0.377. The highest BCUT2D eigenvalue weighted by Gasteiger charge is 2.24. The number of nitrogens with one attached hydrogen (secondary N) is 2. The molecule has 0 bridgehead atoms. The van der Waals surface area contributed by atoms with Crippen LogP contribution < -0.4 is 10.6 Å². The number of carbonyl (C=O) groups excluding carboxylic acids is 2. The van der Waals surface area contributed by atoms with Gasteiger partial charge >= 0.3 is 12.2 Å². The first-order valence-electron chi connectivity index (χ1n) is 9.24. The summed E-state index contributed by atoms with van der Waals surface area (Å²) in [7, 11) is 0. The molecule has 2 rings (SSSR count). The van der Waals surface area contributed by atoms with Crippen LogP contribution in [0.3, 0.4) is 0 Å². The lowest BCUT2D eigenvalue weighted by atomic mass is 9.86. The van der Waals surface area contributed by atoms with Gasteiger partial charge in [0.1, 0.15) is 6.61 Å². The average molecular weight is 362 g/mol. The van der Waals surface area contributed by atoms with Crippen LogP contribution in [0.5, 0.6) is 0 Å². The van der Waals surface area contributed by atoms with E-state index in [0.29, 0.717) is 12.5 Å². The molecule has 0 aromatic heterocycles. The van der Waals surface area contributed by atoms with Crippen LogP contribution in [0.1, 0.15) is 52.0 Å². The first-order valence-corrected chi connectivity index (χ1v) is 9.24. The number of alkyl carbamates (subject to hydrolysis) is 2. The maximum absolute atomic E-state index is 11.9. The molecule has 0 aliphatic heterocycles. The molecule has 2 amide bonds. The highest BCUT2D eigenvalue weighted by molar-refractivity contribution is 5.68. The summed E-state index contributed by atoms with van der Waals surface area (Å²) < 4.78 is 10.6. The van der Waals surface area contributed by atoms with Gasteiger partial charge in [-0.2, -0.15) is 0 Å². The Hall–Kier alpha value is -2.24. The van der Waals surface area contributed by atoms with Crippen LogP contribution in [0.15, 0.2) is 30.3 Å². The number of amides is 2. The van der Waals surface area contributed by atoms with Crippen LogP contribution in [0, 0.1) is 5.92 Å². The van der Waals surface area contributed by atoms with Crippen molar-refractivity contribution < 1.29 is 19.1 Å². The van der Waals surface area contributed by atoms with Crippen LogP contribution in [0.2, 0.25) is 0 Å². The lowest BCUT2D eigenvalue weighted by molar-refractivity contribution is 0.103. The van der Waals surface area contributed by atoms with Crippen LogP contribution in [-0.4, -0.2) is 30.4 Å². The Morgan fingerprint density at radius 2 is 1.65 bits per heavy atom.